The molecular weight excluding hydrogens is 254 g/mol. The van der Waals surface area contributed by atoms with Crippen molar-refractivity contribution in [3.05, 3.63) is 35.9 Å². The molecular formula is C16H21NO3. The van der Waals surface area contributed by atoms with Crippen LogP contribution in [-0.4, -0.2) is 23.5 Å². The second-order valence-electron chi connectivity index (χ2n) is 5.69. The molecule has 0 aliphatic carbocycles. The van der Waals surface area contributed by atoms with Gasteiger partial charge in [-0.2, -0.15) is 0 Å². The third kappa shape index (κ3) is 3.00. The lowest BCUT2D eigenvalue weighted by molar-refractivity contribution is -0.130. The Bertz CT molecular complexity index is 484. The average molecular weight is 275 g/mol. The van der Waals surface area contributed by atoms with Crippen LogP contribution in [0, 0.1) is 11.8 Å². The summed E-state index contributed by atoms with van der Waals surface area (Å²) in [7, 11) is 0. The van der Waals surface area contributed by atoms with Crippen LogP contribution in [0.1, 0.15) is 38.8 Å². The molecule has 0 bridgehead atoms. The smallest absolute Gasteiger partial charge is 0.417 e. The largest absolute Gasteiger partial charge is 0.446 e. The third-order valence-corrected chi connectivity index (χ3v) is 3.96. The first kappa shape index (κ1) is 14.6. The molecule has 4 heteroatoms. The fourth-order valence-corrected chi connectivity index (χ4v) is 2.23. The fourth-order valence-electron chi connectivity index (χ4n) is 2.23. The van der Waals surface area contributed by atoms with Gasteiger partial charge in [0, 0.05) is 6.42 Å². The van der Waals surface area contributed by atoms with E-state index in [2.05, 4.69) is 13.8 Å². The third-order valence-electron chi connectivity index (χ3n) is 3.96. The maximum atomic E-state index is 12.4. The Hall–Kier alpha value is -1.84. The number of carbonyl (C=O) groups is 2. The summed E-state index contributed by atoms with van der Waals surface area (Å²) in [5, 5.41) is 0. The molecule has 0 aromatic heterocycles. The topological polar surface area (TPSA) is 46.6 Å². The summed E-state index contributed by atoms with van der Waals surface area (Å²) in [6.07, 6.45) is -0.157. The van der Waals surface area contributed by atoms with Gasteiger partial charge in [-0.05, 0) is 17.4 Å². The Labute approximate surface area is 119 Å². The highest BCUT2D eigenvalue weighted by molar-refractivity contribution is 5.93. The molecule has 0 radical (unpaired) electrons. The first-order valence-corrected chi connectivity index (χ1v) is 7.04. The highest BCUT2D eigenvalue weighted by Gasteiger charge is 2.39. The Morgan fingerprint density at radius 3 is 2.55 bits per heavy atom. The SMILES string of the molecule is CC(C)[C@H](C)CC(=O)N1C(=O)OC[C@@H]1c1ccccc1. The van der Waals surface area contributed by atoms with E-state index in [4.69, 9.17) is 4.74 Å². The van der Waals surface area contributed by atoms with Gasteiger partial charge in [-0.25, -0.2) is 9.69 Å². The normalized spacial score (nSPS) is 20.1. The van der Waals surface area contributed by atoms with Crippen LogP contribution in [0.3, 0.4) is 0 Å². The molecule has 1 heterocycles. The molecule has 1 saturated heterocycles. The van der Waals surface area contributed by atoms with Gasteiger partial charge in [0.1, 0.15) is 12.6 Å². The zero-order valence-corrected chi connectivity index (χ0v) is 12.2. The van der Waals surface area contributed by atoms with Gasteiger partial charge in [0.05, 0.1) is 0 Å². The summed E-state index contributed by atoms with van der Waals surface area (Å²) in [5.74, 6) is 0.502. The van der Waals surface area contributed by atoms with E-state index in [1.807, 2.05) is 37.3 Å². The molecule has 1 aromatic carbocycles. The molecule has 2 atom stereocenters. The summed E-state index contributed by atoms with van der Waals surface area (Å²) >= 11 is 0. The van der Waals surface area contributed by atoms with Crippen molar-refractivity contribution in [2.75, 3.05) is 6.61 Å². The van der Waals surface area contributed by atoms with Crippen LogP contribution in [0.2, 0.25) is 0 Å². The minimum atomic E-state index is -0.528. The van der Waals surface area contributed by atoms with Gasteiger partial charge in [0.25, 0.3) is 0 Å². The van der Waals surface area contributed by atoms with Crippen molar-refractivity contribution in [3.8, 4) is 0 Å². The number of amides is 2. The fraction of sp³-hybridized carbons (Fsp3) is 0.500. The highest BCUT2D eigenvalue weighted by atomic mass is 16.6. The lowest BCUT2D eigenvalue weighted by Crippen LogP contribution is -2.35. The van der Waals surface area contributed by atoms with Crippen molar-refractivity contribution < 1.29 is 14.3 Å². The molecule has 4 nitrogen and oxygen atoms in total. The summed E-state index contributed by atoms with van der Waals surface area (Å²) in [4.78, 5) is 25.5. The van der Waals surface area contributed by atoms with Crippen LogP contribution in [0.4, 0.5) is 4.79 Å². The summed E-state index contributed by atoms with van der Waals surface area (Å²) in [6, 6.07) is 9.25. The summed E-state index contributed by atoms with van der Waals surface area (Å²) < 4.78 is 5.06. The molecule has 2 amide bonds. The van der Waals surface area contributed by atoms with E-state index in [9.17, 15) is 9.59 Å². The van der Waals surface area contributed by atoms with Crippen molar-refractivity contribution in [1.29, 1.82) is 0 Å². The van der Waals surface area contributed by atoms with Crippen LogP contribution < -0.4 is 0 Å². The van der Waals surface area contributed by atoms with E-state index < -0.39 is 6.09 Å². The minimum Gasteiger partial charge on any atom is -0.446 e. The van der Waals surface area contributed by atoms with Crippen molar-refractivity contribution in [2.45, 2.75) is 33.2 Å². The van der Waals surface area contributed by atoms with Crippen LogP contribution in [0.25, 0.3) is 0 Å². The van der Waals surface area contributed by atoms with E-state index in [1.165, 1.54) is 4.90 Å². The van der Waals surface area contributed by atoms with Crippen molar-refractivity contribution in [1.82, 2.24) is 4.90 Å². The monoisotopic (exact) mass is 275 g/mol. The zero-order chi connectivity index (χ0) is 14.7. The predicted octanol–water partition coefficient (Wildman–Crippen LogP) is 3.39. The minimum absolute atomic E-state index is 0.150. The molecule has 0 saturated carbocycles. The number of imide groups is 1. The maximum Gasteiger partial charge on any atom is 0.417 e. The van der Waals surface area contributed by atoms with Gasteiger partial charge in [0.2, 0.25) is 5.91 Å². The number of nitrogens with zero attached hydrogens (tertiary/aromatic N) is 1. The lowest BCUT2D eigenvalue weighted by Gasteiger charge is -2.22. The molecule has 0 unspecified atom stereocenters. The van der Waals surface area contributed by atoms with Gasteiger partial charge in [-0.15, -0.1) is 0 Å². The lowest BCUT2D eigenvalue weighted by atomic mass is 9.94. The van der Waals surface area contributed by atoms with Gasteiger partial charge >= 0.3 is 6.09 Å². The van der Waals surface area contributed by atoms with Crippen molar-refractivity contribution in [2.24, 2.45) is 11.8 Å². The molecule has 1 aliphatic heterocycles. The number of rotatable bonds is 4. The van der Waals surface area contributed by atoms with Gasteiger partial charge in [0.15, 0.2) is 0 Å². The van der Waals surface area contributed by atoms with E-state index in [0.29, 0.717) is 12.3 Å². The van der Waals surface area contributed by atoms with Gasteiger partial charge in [-0.3, -0.25) is 4.79 Å². The zero-order valence-electron chi connectivity index (χ0n) is 12.2. The van der Waals surface area contributed by atoms with Crippen molar-refractivity contribution in [3.63, 3.8) is 0 Å². The predicted molar refractivity (Wildman–Crippen MR) is 76.0 cm³/mol. The summed E-state index contributed by atoms with van der Waals surface area (Å²) in [6.45, 7) is 6.43. The molecule has 20 heavy (non-hydrogen) atoms. The Morgan fingerprint density at radius 2 is 1.95 bits per heavy atom. The highest BCUT2D eigenvalue weighted by Crippen LogP contribution is 2.29. The first-order chi connectivity index (χ1) is 9.50. The first-order valence-electron chi connectivity index (χ1n) is 7.04. The standard InChI is InChI=1S/C16H21NO3/c1-11(2)12(3)9-15(18)17-14(10-20-16(17)19)13-7-5-4-6-8-13/h4-8,11-12,14H,9-10H2,1-3H3/t12-,14-/m1/s1. The van der Waals surface area contributed by atoms with Gasteiger partial charge < -0.3 is 4.74 Å². The van der Waals surface area contributed by atoms with Crippen LogP contribution >= 0.6 is 0 Å². The molecule has 2 rings (SSSR count). The Balaban J connectivity index is 2.15. The molecule has 1 aromatic rings. The van der Waals surface area contributed by atoms with E-state index in [1.54, 1.807) is 0 Å². The second kappa shape index (κ2) is 6.07. The molecule has 0 spiro atoms. The van der Waals surface area contributed by atoms with Crippen LogP contribution in [0.5, 0.6) is 0 Å². The average Bonchev–Trinajstić information content (AvgIpc) is 2.81. The number of hydrogen-bond donors (Lipinski definition) is 0. The van der Waals surface area contributed by atoms with E-state index >= 15 is 0 Å². The number of ether oxygens (including phenoxy) is 1. The molecule has 1 fully saturated rings. The summed E-state index contributed by atoms with van der Waals surface area (Å²) in [5.41, 5.74) is 0.934. The molecule has 0 N–H and O–H groups in total. The van der Waals surface area contributed by atoms with Crippen LogP contribution in [0.15, 0.2) is 30.3 Å². The van der Waals surface area contributed by atoms with Crippen LogP contribution in [-0.2, 0) is 9.53 Å². The Morgan fingerprint density at radius 1 is 1.30 bits per heavy atom. The van der Waals surface area contributed by atoms with E-state index in [0.717, 1.165) is 5.56 Å². The van der Waals surface area contributed by atoms with E-state index in [-0.39, 0.29) is 24.5 Å². The maximum absolute atomic E-state index is 12.4. The molecule has 1 aliphatic rings. The number of cyclic esters (lactones) is 1. The van der Waals surface area contributed by atoms with Gasteiger partial charge in [-0.1, -0.05) is 51.1 Å². The second-order valence-corrected chi connectivity index (χ2v) is 5.69. The van der Waals surface area contributed by atoms with Crippen molar-refractivity contribution >= 4 is 12.0 Å². The number of benzene rings is 1. The Kier molecular flexibility index (Phi) is 4.42. The molecule has 108 valence electrons. The number of carbonyl (C=O) groups excluding carboxylic acids is 2. The quantitative estimate of drug-likeness (QED) is 0.846. The number of hydrogen-bond acceptors (Lipinski definition) is 3.